The minimum absolute atomic E-state index is 0.0426. The van der Waals surface area contributed by atoms with Crippen LogP contribution in [-0.4, -0.2) is 17.5 Å². The van der Waals surface area contributed by atoms with Crippen molar-refractivity contribution in [1.82, 2.24) is 4.98 Å². The third-order valence-electron chi connectivity index (χ3n) is 4.19. The number of unbranched alkanes of at least 4 members (excludes halogenated alkanes) is 1. The summed E-state index contributed by atoms with van der Waals surface area (Å²) < 4.78 is 5.60. The molecule has 28 heavy (non-hydrogen) atoms. The van der Waals surface area contributed by atoms with E-state index in [2.05, 4.69) is 17.2 Å². The summed E-state index contributed by atoms with van der Waals surface area (Å²) >= 11 is 5.88. The molecule has 0 saturated carbocycles. The lowest BCUT2D eigenvalue weighted by molar-refractivity contribution is 0.102. The first kappa shape index (κ1) is 19.7. The van der Waals surface area contributed by atoms with E-state index in [4.69, 9.17) is 16.3 Å². The van der Waals surface area contributed by atoms with E-state index >= 15 is 0 Å². The SMILES string of the molecule is CCCCOc1ccc(NC(=O)c2ccc(-c3ccc(Cl)cc3)[nH]c2=O)cc1. The molecule has 0 bridgehead atoms. The summed E-state index contributed by atoms with van der Waals surface area (Å²) in [6.07, 6.45) is 2.06. The maximum atomic E-state index is 12.4. The Hall–Kier alpha value is -3.05. The largest absolute Gasteiger partial charge is 0.494 e. The highest BCUT2D eigenvalue weighted by Gasteiger charge is 2.12. The molecule has 0 fully saturated rings. The molecule has 0 saturated heterocycles. The quantitative estimate of drug-likeness (QED) is 0.544. The van der Waals surface area contributed by atoms with Crippen molar-refractivity contribution in [2.75, 3.05) is 11.9 Å². The average Bonchev–Trinajstić information content (AvgIpc) is 2.70. The zero-order valence-electron chi connectivity index (χ0n) is 15.5. The highest BCUT2D eigenvalue weighted by Crippen LogP contribution is 2.19. The number of hydrogen-bond acceptors (Lipinski definition) is 3. The van der Waals surface area contributed by atoms with Crippen LogP contribution >= 0.6 is 11.6 Å². The van der Waals surface area contributed by atoms with Gasteiger partial charge in [0.15, 0.2) is 0 Å². The molecule has 5 nitrogen and oxygen atoms in total. The van der Waals surface area contributed by atoms with Crippen LogP contribution in [0.2, 0.25) is 5.02 Å². The third-order valence-corrected chi connectivity index (χ3v) is 4.44. The summed E-state index contributed by atoms with van der Waals surface area (Å²) in [7, 11) is 0. The molecule has 3 aromatic rings. The predicted octanol–water partition coefficient (Wildman–Crippen LogP) is 5.13. The Bertz CT molecular complexity index is 996. The van der Waals surface area contributed by atoms with E-state index in [1.165, 1.54) is 6.07 Å². The van der Waals surface area contributed by atoms with Gasteiger partial charge in [-0.05, 0) is 60.5 Å². The summed E-state index contributed by atoms with van der Waals surface area (Å²) in [5, 5.41) is 3.34. The molecular formula is C22H21ClN2O3. The molecule has 0 aliphatic rings. The number of nitrogens with one attached hydrogen (secondary N) is 2. The fraction of sp³-hybridized carbons (Fsp3) is 0.182. The van der Waals surface area contributed by atoms with E-state index in [1.54, 1.807) is 54.6 Å². The van der Waals surface area contributed by atoms with Crippen LogP contribution < -0.4 is 15.6 Å². The van der Waals surface area contributed by atoms with Gasteiger partial charge in [0.05, 0.1) is 6.61 Å². The molecule has 1 heterocycles. The Morgan fingerprint density at radius 1 is 1.04 bits per heavy atom. The number of carbonyl (C=O) groups excluding carboxylic acids is 1. The van der Waals surface area contributed by atoms with Gasteiger partial charge in [-0.15, -0.1) is 0 Å². The first-order valence-corrected chi connectivity index (χ1v) is 9.48. The number of aromatic nitrogens is 1. The highest BCUT2D eigenvalue weighted by molar-refractivity contribution is 6.30. The first-order valence-electron chi connectivity index (χ1n) is 9.10. The number of hydrogen-bond donors (Lipinski definition) is 2. The normalized spacial score (nSPS) is 10.5. The molecule has 144 valence electrons. The summed E-state index contributed by atoms with van der Waals surface area (Å²) in [6.45, 7) is 2.77. The molecule has 1 amide bonds. The lowest BCUT2D eigenvalue weighted by atomic mass is 10.1. The third kappa shape index (κ3) is 5.02. The van der Waals surface area contributed by atoms with Crippen molar-refractivity contribution in [3.63, 3.8) is 0 Å². The Morgan fingerprint density at radius 3 is 2.39 bits per heavy atom. The Balaban J connectivity index is 1.69. The number of benzene rings is 2. The van der Waals surface area contributed by atoms with E-state index in [0.29, 0.717) is 23.0 Å². The molecule has 0 radical (unpaired) electrons. The van der Waals surface area contributed by atoms with E-state index in [9.17, 15) is 9.59 Å². The molecule has 0 atom stereocenters. The lowest BCUT2D eigenvalue weighted by Gasteiger charge is -2.08. The van der Waals surface area contributed by atoms with Crippen LogP contribution in [0.4, 0.5) is 5.69 Å². The van der Waals surface area contributed by atoms with Gasteiger partial charge in [0.2, 0.25) is 0 Å². The summed E-state index contributed by atoms with van der Waals surface area (Å²) in [5.41, 5.74) is 1.61. The van der Waals surface area contributed by atoms with Crippen LogP contribution in [0.5, 0.6) is 5.75 Å². The molecule has 1 aromatic heterocycles. The number of anilines is 1. The predicted molar refractivity (Wildman–Crippen MR) is 112 cm³/mol. The van der Waals surface area contributed by atoms with E-state index in [1.807, 2.05) is 0 Å². The van der Waals surface area contributed by atoms with Gasteiger partial charge in [0, 0.05) is 16.4 Å². The number of aromatic amines is 1. The van der Waals surface area contributed by atoms with Gasteiger partial charge in [-0.2, -0.15) is 0 Å². The van der Waals surface area contributed by atoms with Crippen molar-refractivity contribution in [3.8, 4) is 17.0 Å². The van der Waals surface area contributed by atoms with Crippen molar-refractivity contribution >= 4 is 23.2 Å². The number of pyridine rings is 1. The molecule has 2 aromatic carbocycles. The highest BCUT2D eigenvalue weighted by atomic mass is 35.5. The van der Waals surface area contributed by atoms with Gasteiger partial charge >= 0.3 is 0 Å². The monoisotopic (exact) mass is 396 g/mol. The zero-order valence-corrected chi connectivity index (χ0v) is 16.3. The van der Waals surface area contributed by atoms with Crippen molar-refractivity contribution < 1.29 is 9.53 Å². The molecule has 0 spiro atoms. The van der Waals surface area contributed by atoms with Gasteiger partial charge < -0.3 is 15.0 Å². The molecular weight excluding hydrogens is 376 g/mol. The molecule has 2 N–H and O–H groups in total. The van der Waals surface area contributed by atoms with Gasteiger partial charge in [0.1, 0.15) is 11.3 Å². The van der Waals surface area contributed by atoms with Crippen LogP contribution in [0, 0.1) is 0 Å². The van der Waals surface area contributed by atoms with E-state index < -0.39 is 11.5 Å². The second kappa shape index (κ2) is 9.24. The van der Waals surface area contributed by atoms with Gasteiger partial charge in [-0.3, -0.25) is 9.59 Å². The van der Waals surface area contributed by atoms with E-state index in [-0.39, 0.29) is 5.56 Å². The van der Waals surface area contributed by atoms with Gasteiger partial charge in [-0.1, -0.05) is 37.1 Å². The van der Waals surface area contributed by atoms with Crippen molar-refractivity contribution in [1.29, 1.82) is 0 Å². The number of ether oxygens (including phenoxy) is 1. The number of halogens is 1. The summed E-state index contributed by atoms with van der Waals surface area (Å²) in [6, 6.07) is 17.4. The summed E-state index contributed by atoms with van der Waals surface area (Å²) in [5.74, 6) is 0.278. The van der Waals surface area contributed by atoms with Gasteiger partial charge in [-0.25, -0.2) is 0 Å². The van der Waals surface area contributed by atoms with Crippen LogP contribution in [-0.2, 0) is 0 Å². The Morgan fingerprint density at radius 2 is 1.75 bits per heavy atom. The first-order chi connectivity index (χ1) is 13.6. The van der Waals surface area contributed by atoms with Crippen LogP contribution in [0.1, 0.15) is 30.1 Å². The second-order valence-corrected chi connectivity index (χ2v) is 6.74. The fourth-order valence-corrected chi connectivity index (χ4v) is 2.74. The molecule has 6 heteroatoms. The van der Waals surface area contributed by atoms with Gasteiger partial charge in [0.25, 0.3) is 11.5 Å². The molecule has 0 unspecified atom stereocenters. The van der Waals surface area contributed by atoms with Crippen LogP contribution in [0.15, 0.2) is 65.5 Å². The topological polar surface area (TPSA) is 71.2 Å². The lowest BCUT2D eigenvalue weighted by Crippen LogP contribution is -2.23. The minimum Gasteiger partial charge on any atom is -0.494 e. The molecule has 3 rings (SSSR count). The average molecular weight is 397 g/mol. The molecule has 0 aliphatic heterocycles. The van der Waals surface area contributed by atoms with Crippen molar-refractivity contribution in [2.24, 2.45) is 0 Å². The van der Waals surface area contributed by atoms with Crippen molar-refractivity contribution in [3.05, 3.63) is 81.6 Å². The Labute approximate surface area is 168 Å². The minimum atomic E-state index is -0.469. The second-order valence-electron chi connectivity index (χ2n) is 6.30. The number of carbonyl (C=O) groups is 1. The van der Waals surface area contributed by atoms with Crippen LogP contribution in [0.25, 0.3) is 11.3 Å². The standard InChI is InChI=1S/C22H21ClN2O3/c1-2-3-14-28-18-10-8-17(9-11-18)24-21(26)19-12-13-20(25-22(19)27)15-4-6-16(23)7-5-15/h4-13H,2-3,14H2,1H3,(H,24,26)(H,25,27). The molecule has 0 aliphatic carbocycles. The maximum absolute atomic E-state index is 12.4. The number of rotatable bonds is 7. The van der Waals surface area contributed by atoms with Crippen molar-refractivity contribution in [2.45, 2.75) is 19.8 Å². The fourth-order valence-electron chi connectivity index (χ4n) is 2.62. The zero-order chi connectivity index (χ0) is 19.9. The smallest absolute Gasteiger partial charge is 0.261 e. The maximum Gasteiger partial charge on any atom is 0.261 e. The number of amides is 1. The summed E-state index contributed by atoms with van der Waals surface area (Å²) in [4.78, 5) is 27.5. The van der Waals surface area contributed by atoms with E-state index in [0.717, 1.165) is 24.2 Å². The number of H-pyrrole nitrogens is 1. The van der Waals surface area contributed by atoms with Crippen LogP contribution in [0.3, 0.4) is 0 Å². The Kier molecular flexibility index (Phi) is 6.50.